The summed E-state index contributed by atoms with van der Waals surface area (Å²) in [4.78, 5) is 11.3. The Bertz CT molecular complexity index is 455. The van der Waals surface area contributed by atoms with E-state index < -0.39 is 0 Å². The van der Waals surface area contributed by atoms with E-state index >= 15 is 0 Å². The predicted octanol–water partition coefficient (Wildman–Crippen LogP) is 3.31. The van der Waals surface area contributed by atoms with Gasteiger partial charge < -0.3 is 10.6 Å². The molecule has 1 aliphatic rings. The highest BCUT2D eigenvalue weighted by molar-refractivity contribution is 5.94. The average molecular weight is 250 g/mol. The molecule has 1 aliphatic heterocycles. The van der Waals surface area contributed by atoms with Crippen molar-refractivity contribution in [1.29, 1.82) is 0 Å². The number of amides is 1. The number of nitrogens with one attached hydrogen (secondary N) is 2. The number of carbonyl (C=O) groups is 1. The molecule has 3 nitrogen and oxygen atoms in total. The first kappa shape index (κ1) is 12.9. The molecule has 18 heavy (non-hydrogen) atoms. The van der Waals surface area contributed by atoms with Crippen LogP contribution in [0, 0.1) is 5.82 Å². The third kappa shape index (κ3) is 2.63. The Kier molecular flexibility index (Phi) is 3.84. The van der Waals surface area contributed by atoms with E-state index in [0.29, 0.717) is 18.5 Å². The zero-order valence-corrected chi connectivity index (χ0v) is 10.8. The molecule has 0 atom stereocenters. The molecule has 1 aromatic rings. The second kappa shape index (κ2) is 5.38. The summed E-state index contributed by atoms with van der Waals surface area (Å²) in [6.07, 6.45) is 2.94. The number of hydrogen-bond donors (Lipinski definition) is 2. The van der Waals surface area contributed by atoms with Gasteiger partial charge >= 0.3 is 0 Å². The van der Waals surface area contributed by atoms with Crippen LogP contribution in [0.25, 0.3) is 0 Å². The Labute approximate surface area is 107 Å². The first-order valence-electron chi connectivity index (χ1n) is 6.52. The van der Waals surface area contributed by atoms with Gasteiger partial charge in [0, 0.05) is 18.2 Å². The maximum absolute atomic E-state index is 13.9. The van der Waals surface area contributed by atoms with Crippen LogP contribution < -0.4 is 10.6 Å². The quantitative estimate of drug-likeness (QED) is 0.860. The number of fused-ring (bicyclic) bond motifs is 1. The third-order valence-corrected chi connectivity index (χ3v) is 3.43. The minimum Gasteiger partial charge on any atom is -0.380 e. The molecule has 0 aliphatic carbocycles. The Balaban J connectivity index is 2.26. The second-order valence-corrected chi connectivity index (χ2v) is 4.70. The Morgan fingerprint density at radius 2 is 2.06 bits per heavy atom. The lowest BCUT2D eigenvalue weighted by Gasteiger charge is -2.21. The van der Waals surface area contributed by atoms with Crippen molar-refractivity contribution in [3.63, 3.8) is 0 Å². The van der Waals surface area contributed by atoms with Crippen molar-refractivity contribution in [2.75, 3.05) is 10.6 Å². The third-order valence-electron chi connectivity index (χ3n) is 3.43. The number of aryl methyl sites for hydroxylation is 1. The van der Waals surface area contributed by atoms with Gasteiger partial charge in [0.05, 0.1) is 5.69 Å². The van der Waals surface area contributed by atoms with Gasteiger partial charge in [-0.2, -0.15) is 0 Å². The van der Waals surface area contributed by atoms with Gasteiger partial charge in [-0.05, 0) is 37.0 Å². The lowest BCUT2D eigenvalue weighted by Crippen LogP contribution is -2.21. The first-order chi connectivity index (χ1) is 8.63. The van der Waals surface area contributed by atoms with E-state index in [1.165, 1.54) is 6.07 Å². The van der Waals surface area contributed by atoms with E-state index in [0.717, 1.165) is 24.1 Å². The molecule has 0 unspecified atom stereocenters. The fraction of sp³-hybridized carbons (Fsp3) is 0.500. The largest absolute Gasteiger partial charge is 0.380 e. The topological polar surface area (TPSA) is 41.1 Å². The Morgan fingerprint density at radius 1 is 1.33 bits per heavy atom. The molecule has 1 amide bonds. The van der Waals surface area contributed by atoms with Crippen LogP contribution in [0.1, 0.15) is 38.7 Å². The van der Waals surface area contributed by atoms with E-state index in [-0.39, 0.29) is 17.8 Å². The van der Waals surface area contributed by atoms with Crippen molar-refractivity contribution in [3.05, 3.63) is 23.5 Å². The van der Waals surface area contributed by atoms with Crippen molar-refractivity contribution >= 4 is 17.3 Å². The number of rotatable bonds is 4. The highest BCUT2D eigenvalue weighted by Gasteiger charge is 2.18. The standard InChI is InChI=1S/C14H19FN2O/c1-3-10(4-2)16-13-8-12-9(7-11(13)15)5-6-14(18)17-12/h7-8,10,16H,3-6H2,1-2H3,(H,17,18). The molecule has 2 rings (SSSR count). The number of anilines is 2. The molecule has 0 saturated heterocycles. The van der Waals surface area contributed by atoms with Crippen molar-refractivity contribution in [2.45, 2.75) is 45.6 Å². The molecule has 98 valence electrons. The molecule has 1 heterocycles. The number of hydrogen-bond acceptors (Lipinski definition) is 2. The van der Waals surface area contributed by atoms with E-state index in [1.807, 2.05) is 0 Å². The van der Waals surface area contributed by atoms with Gasteiger partial charge in [-0.25, -0.2) is 4.39 Å². The molecule has 0 saturated carbocycles. The fourth-order valence-corrected chi connectivity index (χ4v) is 2.22. The van der Waals surface area contributed by atoms with Gasteiger partial charge in [-0.1, -0.05) is 13.8 Å². The monoisotopic (exact) mass is 250 g/mol. The summed E-state index contributed by atoms with van der Waals surface area (Å²) in [7, 11) is 0. The van der Waals surface area contributed by atoms with Crippen molar-refractivity contribution in [1.82, 2.24) is 0 Å². The molecule has 4 heteroatoms. The number of carbonyl (C=O) groups excluding carboxylic acids is 1. The molecule has 1 aromatic carbocycles. The van der Waals surface area contributed by atoms with Crippen LogP contribution in [-0.4, -0.2) is 11.9 Å². The lowest BCUT2D eigenvalue weighted by atomic mass is 10.0. The molecule has 0 aromatic heterocycles. The summed E-state index contributed by atoms with van der Waals surface area (Å²) >= 11 is 0. The normalized spacial score (nSPS) is 14.3. The summed E-state index contributed by atoms with van der Waals surface area (Å²) in [5, 5.41) is 5.98. The highest BCUT2D eigenvalue weighted by atomic mass is 19.1. The summed E-state index contributed by atoms with van der Waals surface area (Å²) in [5.41, 5.74) is 2.09. The van der Waals surface area contributed by atoms with Crippen LogP contribution in [0.5, 0.6) is 0 Å². The molecule has 0 fully saturated rings. The second-order valence-electron chi connectivity index (χ2n) is 4.70. The molecule has 0 spiro atoms. The average Bonchev–Trinajstić information content (AvgIpc) is 2.36. The van der Waals surface area contributed by atoms with E-state index in [2.05, 4.69) is 24.5 Å². The summed E-state index contributed by atoms with van der Waals surface area (Å²) in [5.74, 6) is -0.237. The lowest BCUT2D eigenvalue weighted by molar-refractivity contribution is -0.116. The van der Waals surface area contributed by atoms with Gasteiger partial charge in [-0.15, -0.1) is 0 Å². The fourth-order valence-electron chi connectivity index (χ4n) is 2.22. The van der Waals surface area contributed by atoms with Gasteiger partial charge in [-0.3, -0.25) is 4.79 Å². The summed E-state index contributed by atoms with van der Waals surface area (Å²) < 4.78 is 13.9. The summed E-state index contributed by atoms with van der Waals surface area (Å²) in [6.45, 7) is 4.14. The van der Waals surface area contributed by atoms with Crippen LogP contribution in [0.4, 0.5) is 15.8 Å². The maximum Gasteiger partial charge on any atom is 0.224 e. The van der Waals surface area contributed by atoms with Gasteiger partial charge in [0.25, 0.3) is 0 Å². The predicted molar refractivity (Wildman–Crippen MR) is 71.3 cm³/mol. The van der Waals surface area contributed by atoms with Crippen LogP contribution in [0.2, 0.25) is 0 Å². The summed E-state index contributed by atoms with van der Waals surface area (Å²) in [6, 6.07) is 3.50. The van der Waals surface area contributed by atoms with Crippen molar-refractivity contribution in [3.8, 4) is 0 Å². The zero-order valence-electron chi connectivity index (χ0n) is 10.8. The SMILES string of the molecule is CCC(CC)Nc1cc2c(cc1F)CCC(=O)N2. The maximum atomic E-state index is 13.9. The highest BCUT2D eigenvalue weighted by Crippen LogP contribution is 2.29. The van der Waals surface area contributed by atoms with E-state index in [9.17, 15) is 9.18 Å². The van der Waals surface area contributed by atoms with Crippen LogP contribution >= 0.6 is 0 Å². The van der Waals surface area contributed by atoms with E-state index in [4.69, 9.17) is 0 Å². The van der Waals surface area contributed by atoms with Gasteiger partial charge in [0.2, 0.25) is 5.91 Å². The van der Waals surface area contributed by atoms with Gasteiger partial charge in [0.15, 0.2) is 0 Å². The first-order valence-corrected chi connectivity index (χ1v) is 6.52. The van der Waals surface area contributed by atoms with Crippen molar-refractivity contribution < 1.29 is 9.18 Å². The van der Waals surface area contributed by atoms with Crippen LogP contribution in [0.15, 0.2) is 12.1 Å². The van der Waals surface area contributed by atoms with Crippen molar-refractivity contribution in [2.24, 2.45) is 0 Å². The molecular formula is C14H19FN2O. The van der Waals surface area contributed by atoms with E-state index in [1.54, 1.807) is 6.07 Å². The number of benzene rings is 1. The van der Waals surface area contributed by atoms with Crippen LogP contribution in [0.3, 0.4) is 0 Å². The molecule has 2 N–H and O–H groups in total. The zero-order chi connectivity index (χ0) is 13.1. The Morgan fingerprint density at radius 3 is 2.72 bits per heavy atom. The van der Waals surface area contributed by atoms with Gasteiger partial charge in [0.1, 0.15) is 5.82 Å². The molecule has 0 bridgehead atoms. The Hall–Kier alpha value is -1.58. The minimum absolute atomic E-state index is 0.00240. The molecule has 0 radical (unpaired) electrons. The minimum atomic E-state index is -0.239. The number of halogens is 1. The van der Waals surface area contributed by atoms with Crippen LogP contribution in [-0.2, 0) is 11.2 Å². The smallest absolute Gasteiger partial charge is 0.224 e. The molecular weight excluding hydrogens is 231 g/mol.